The van der Waals surface area contributed by atoms with Crippen LogP contribution in [0.2, 0.25) is 0 Å². The van der Waals surface area contributed by atoms with Gasteiger partial charge in [0, 0.05) is 5.56 Å². The second kappa shape index (κ2) is 6.43. The zero-order chi connectivity index (χ0) is 13.7. The summed E-state index contributed by atoms with van der Waals surface area (Å²) >= 11 is 0. The molecule has 0 atom stereocenters. The predicted octanol–water partition coefficient (Wildman–Crippen LogP) is 3.84. The van der Waals surface area contributed by atoms with E-state index in [1.807, 2.05) is 50.2 Å². The molecule has 2 rings (SSSR count). The van der Waals surface area contributed by atoms with Crippen LogP contribution >= 0.6 is 0 Å². The summed E-state index contributed by atoms with van der Waals surface area (Å²) in [7, 11) is 0. The van der Waals surface area contributed by atoms with E-state index in [0.717, 1.165) is 35.9 Å². The molecule has 0 fully saturated rings. The number of nitrogens with one attached hydrogen (secondary N) is 1. The quantitative estimate of drug-likeness (QED) is 0.855. The van der Waals surface area contributed by atoms with Crippen LogP contribution in [0.3, 0.4) is 0 Å². The average Bonchev–Trinajstić information content (AvgIpc) is 2.85. The molecule has 0 saturated carbocycles. The largest absolute Gasteiger partial charge is 0.491 e. The Bertz CT molecular complexity index is 500. The Labute approximate surface area is 114 Å². The van der Waals surface area contributed by atoms with Gasteiger partial charge in [0.25, 0.3) is 0 Å². The molecule has 2 aromatic rings. The smallest absolute Gasteiger partial charge is 0.134 e. The van der Waals surface area contributed by atoms with Gasteiger partial charge in [-0.15, -0.1) is 0 Å². The third-order valence-electron chi connectivity index (χ3n) is 2.72. The number of hydrogen-bond acceptors (Lipinski definition) is 3. The summed E-state index contributed by atoms with van der Waals surface area (Å²) in [6, 6.07) is 12.0. The Morgan fingerprint density at radius 1 is 1.11 bits per heavy atom. The molecule has 0 aliphatic rings. The van der Waals surface area contributed by atoms with Gasteiger partial charge in [-0.05, 0) is 56.8 Å². The van der Waals surface area contributed by atoms with Gasteiger partial charge in [-0.25, -0.2) is 0 Å². The van der Waals surface area contributed by atoms with Crippen molar-refractivity contribution in [2.24, 2.45) is 0 Å². The Morgan fingerprint density at radius 2 is 1.84 bits per heavy atom. The van der Waals surface area contributed by atoms with Crippen LogP contribution in [0, 0.1) is 0 Å². The van der Waals surface area contributed by atoms with Crippen LogP contribution in [0.5, 0.6) is 5.75 Å². The molecule has 0 spiro atoms. The molecule has 19 heavy (non-hydrogen) atoms. The molecule has 3 heteroatoms. The average molecular weight is 259 g/mol. The van der Waals surface area contributed by atoms with Crippen molar-refractivity contribution < 1.29 is 9.15 Å². The molecule has 1 aromatic heterocycles. The normalized spacial score (nSPS) is 10.9. The van der Waals surface area contributed by atoms with Crippen molar-refractivity contribution in [2.75, 3.05) is 6.54 Å². The monoisotopic (exact) mass is 259 g/mol. The molecule has 102 valence electrons. The Hall–Kier alpha value is -1.74. The van der Waals surface area contributed by atoms with Crippen molar-refractivity contribution in [3.63, 3.8) is 0 Å². The highest BCUT2D eigenvalue weighted by atomic mass is 16.5. The first-order valence-electron chi connectivity index (χ1n) is 6.75. The highest BCUT2D eigenvalue weighted by Gasteiger charge is 2.05. The number of ether oxygens (including phenoxy) is 1. The molecular formula is C16H21NO2. The van der Waals surface area contributed by atoms with Gasteiger partial charge in [0.05, 0.1) is 12.6 Å². The number of benzene rings is 1. The molecule has 3 nitrogen and oxygen atoms in total. The maximum absolute atomic E-state index is 5.79. The minimum absolute atomic E-state index is 0.196. The van der Waals surface area contributed by atoms with Crippen LogP contribution in [0.1, 0.15) is 26.5 Å². The molecule has 0 unspecified atom stereocenters. The fraction of sp³-hybridized carbons (Fsp3) is 0.375. The van der Waals surface area contributed by atoms with Crippen molar-refractivity contribution in [3.8, 4) is 17.1 Å². The Balaban J connectivity index is 2.07. The van der Waals surface area contributed by atoms with Crippen LogP contribution in [-0.4, -0.2) is 12.6 Å². The standard InChI is InChI=1S/C16H21NO2/c1-4-17-11-15-9-10-16(19-15)13-5-7-14(8-6-13)18-12(2)3/h5-10,12,17H,4,11H2,1-3H3. The molecule has 0 saturated heterocycles. The van der Waals surface area contributed by atoms with Gasteiger partial charge in [0.2, 0.25) is 0 Å². The van der Waals surface area contributed by atoms with Gasteiger partial charge in [-0.2, -0.15) is 0 Å². The van der Waals surface area contributed by atoms with Crippen molar-refractivity contribution in [3.05, 3.63) is 42.2 Å². The third-order valence-corrected chi connectivity index (χ3v) is 2.72. The van der Waals surface area contributed by atoms with E-state index in [1.165, 1.54) is 0 Å². The summed E-state index contributed by atoms with van der Waals surface area (Å²) in [5.74, 6) is 2.74. The summed E-state index contributed by atoms with van der Waals surface area (Å²) in [4.78, 5) is 0. The summed E-state index contributed by atoms with van der Waals surface area (Å²) < 4.78 is 11.4. The second-order valence-corrected chi connectivity index (χ2v) is 4.74. The lowest BCUT2D eigenvalue weighted by Gasteiger charge is -2.09. The van der Waals surface area contributed by atoms with E-state index < -0.39 is 0 Å². The summed E-state index contributed by atoms with van der Waals surface area (Å²) in [5, 5.41) is 3.25. The molecule has 1 heterocycles. The maximum Gasteiger partial charge on any atom is 0.134 e. The van der Waals surface area contributed by atoms with Crippen molar-refractivity contribution in [1.82, 2.24) is 5.32 Å². The second-order valence-electron chi connectivity index (χ2n) is 4.74. The van der Waals surface area contributed by atoms with E-state index in [2.05, 4.69) is 12.2 Å². The van der Waals surface area contributed by atoms with Crippen LogP contribution < -0.4 is 10.1 Å². The number of rotatable bonds is 6. The van der Waals surface area contributed by atoms with Gasteiger partial charge < -0.3 is 14.5 Å². The molecular weight excluding hydrogens is 238 g/mol. The Morgan fingerprint density at radius 3 is 2.47 bits per heavy atom. The van der Waals surface area contributed by atoms with Gasteiger partial charge in [0.15, 0.2) is 0 Å². The molecule has 0 radical (unpaired) electrons. The number of furan rings is 1. The maximum atomic E-state index is 5.79. The van der Waals surface area contributed by atoms with E-state index in [4.69, 9.17) is 9.15 Å². The predicted molar refractivity (Wildman–Crippen MR) is 77.3 cm³/mol. The molecule has 1 aromatic carbocycles. The van der Waals surface area contributed by atoms with Crippen LogP contribution in [-0.2, 0) is 6.54 Å². The highest BCUT2D eigenvalue weighted by molar-refractivity contribution is 5.58. The van der Waals surface area contributed by atoms with Gasteiger partial charge >= 0.3 is 0 Å². The first-order valence-corrected chi connectivity index (χ1v) is 6.75. The fourth-order valence-electron chi connectivity index (χ4n) is 1.85. The molecule has 0 bridgehead atoms. The molecule has 0 aliphatic carbocycles. The summed E-state index contributed by atoms with van der Waals surface area (Å²) in [6.45, 7) is 7.83. The third kappa shape index (κ3) is 3.86. The molecule has 0 aliphatic heterocycles. The van der Waals surface area contributed by atoms with E-state index >= 15 is 0 Å². The van der Waals surface area contributed by atoms with Crippen molar-refractivity contribution in [1.29, 1.82) is 0 Å². The zero-order valence-corrected chi connectivity index (χ0v) is 11.8. The van der Waals surface area contributed by atoms with Crippen molar-refractivity contribution >= 4 is 0 Å². The fourth-order valence-corrected chi connectivity index (χ4v) is 1.85. The summed E-state index contributed by atoms with van der Waals surface area (Å²) in [6.07, 6.45) is 0.196. The van der Waals surface area contributed by atoms with Gasteiger partial charge in [0.1, 0.15) is 17.3 Å². The molecule has 0 amide bonds. The van der Waals surface area contributed by atoms with Crippen molar-refractivity contribution in [2.45, 2.75) is 33.4 Å². The first-order chi connectivity index (χ1) is 9.19. The lowest BCUT2D eigenvalue weighted by molar-refractivity contribution is 0.242. The number of hydrogen-bond donors (Lipinski definition) is 1. The topological polar surface area (TPSA) is 34.4 Å². The SMILES string of the molecule is CCNCc1ccc(-c2ccc(OC(C)C)cc2)o1. The summed E-state index contributed by atoms with van der Waals surface area (Å²) in [5.41, 5.74) is 1.07. The Kier molecular flexibility index (Phi) is 4.63. The van der Waals surface area contributed by atoms with Crippen LogP contribution in [0.15, 0.2) is 40.8 Å². The zero-order valence-electron chi connectivity index (χ0n) is 11.8. The van der Waals surface area contributed by atoms with E-state index in [9.17, 15) is 0 Å². The van der Waals surface area contributed by atoms with E-state index in [1.54, 1.807) is 0 Å². The van der Waals surface area contributed by atoms with Crippen LogP contribution in [0.25, 0.3) is 11.3 Å². The highest BCUT2D eigenvalue weighted by Crippen LogP contribution is 2.24. The van der Waals surface area contributed by atoms with Gasteiger partial charge in [-0.3, -0.25) is 0 Å². The lowest BCUT2D eigenvalue weighted by Crippen LogP contribution is -2.10. The van der Waals surface area contributed by atoms with Crippen LogP contribution in [0.4, 0.5) is 0 Å². The van der Waals surface area contributed by atoms with Gasteiger partial charge in [-0.1, -0.05) is 6.92 Å². The minimum Gasteiger partial charge on any atom is -0.491 e. The van der Waals surface area contributed by atoms with E-state index in [0.29, 0.717) is 0 Å². The lowest BCUT2D eigenvalue weighted by atomic mass is 10.2. The molecule has 1 N–H and O–H groups in total. The minimum atomic E-state index is 0.196. The van der Waals surface area contributed by atoms with E-state index in [-0.39, 0.29) is 6.10 Å². The first kappa shape index (κ1) is 13.7.